The maximum absolute atomic E-state index is 13.1. The molecule has 0 unspecified atom stereocenters. The van der Waals surface area contributed by atoms with Gasteiger partial charge in [-0.25, -0.2) is 4.79 Å². The fourth-order valence-corrected chi connectivity index (χ4v) is 4.30. The Labute approximate surface area is 178 Å². The summed E-state index contributed by atoms with van der Waals surface area (Å²) in [6, 6.07) is 5.77. The van der Waals surface area contributed by atoms with Gasteiger partial charge in [-0.3, -0.25) is 9.69 Å². The van der Waals surface area contributed by atoms with Crippen LogP contribution in [0.1, 0.15) is 47.1 Å². The van der Waals surface area contributed by atoms with E-state index < -0.39 is 5.60 Å². The third-order valence-electron chi connectivity index (χ3n) is 5.53. The summed E-state index contributed by atoms with van der Waals surface area (Å²) in [5.74, 6) is 0.0667. The van der Waals surface area contributed by atoms with Crippen LogP contribution in [0.2, 0.25) is 5.02 Å². The molecule has 160 valence electrons. The Balaban J connectivity index is 1.63. The van der Waals surface area contributed by atoms with E-state index in [0.29, 0.717) is 37.7 Å². The minimum atomic E-state index is -0.513. The second-order valence-corrected chi connectivity index (χ2v) is 10.2. The molecule has 0 aromatic heterocycles. The van der Waals surface area contributed by atoms with Crippen molar-refractivity contribution in [2.75, 3.05) is 37.6 Å². The van der Waals surface area contributed by atoms with Crippen molar-refractivity contribution in [3.05, 3.63) is 28.8 Å². The molecule has 1 fully saturated rings. The fraction of sp³-hybridized carbons (Fsp3) is 0.636. The fourth-order valence-electron chi connectivity index (χ4n) is 4.13. The van der Waals surface area contributed by atoms with Gasteiger partial charge in [0.1, 0.15) is 5.60 Å². The molecule has 0 spiro atoms. The molecule has 1 aromatic rings. The van der Waals surface area contributed by atoms with Gasteiger partial charge in [-0.2, -0.15) is 0 Å². The Morgan fingerprint density at radius 2 is 1.93 bits per heavy atom. The van der Waals surface area contributed by atoms with Gasteiger partial charge < -0.3 is 14.5 Å². The van der Waals surface area contributed by atoms with Crippen LogP contribution in [0, 0.1) is 0 Å². The molecule has 29 heavy (non-hydrogen) atoms. The average Bonchev–Trinajstić information content (AvgIpc) is 2.84. The molecule has 1 saturated heterocycles. The highest BCUT2D eigenvalue weighted by molar-refractivity contribution is 6.31. The molecule has 3 rings (SSSR count). The van der Waals surface area contributed by atoms with E-state index in [1.165, 1.54) is 0 Å². The summed E-state index contributed by atoms with van der Waals surface area (Å²) in [5.41, 5.74) is 1.45. The summed E-state index contributed by atoms with van der Waals surface area (Å²) in [6.45, 7) is 14.7. The normalized spacial score (nSPS) is 21.8. The lowest BCUT2D eigenvalue weighted by atomic mass is 9.87. The largest absolute Gasteiger partial charge is 0.444 e. The molecule has 1 atom stereocenters. The zero-order valence-corrected chi connectivity index (χ0v) is 19.0. The molecule has 0 saturated carbocycles. The topological polar surface area (TPSA) is 53.1 Å². The molecule has 1 aromatic carbocycles. The van der Waals surface area contributed by atoms with Crippen molar-refractivity contribution in [3.8, 4) is 0 Å². The second-order valence-electron chi connectivity index (χ2n) is 9.78. The van der Waals surface area contributed by atoms with Crippen LogP contribution < -0.4 is 4.90 Å². The Hall–Kier alpha value is -1.79. The first kappa shape index (κ1) is 21.9. The average molecular weight is 422 g/mol. The van der Waals surface area contributed by atoms with E-state index in [1.807, 2.05) is 50.8 Å². The summed E-state index contributed by atoms with van der Waals surface area (Å²) in [5, 5.41) is 0.638. The number of nitrogens with zero attached hydrogens (tertiary/aromatic N) is 3. The van der Waals surface area contributed by atoms with Crippen LogP contribution >= 0.6 is 11.6 Å². The lowest BCUT2D eigenvalue weighted by Gasteiger charge is -2.40. The van der Waals surface area contributed by atoms with Gasteiger partial charge in [-0.05, 0) is 45.4 Å². The molecule has 2 amide bonds. The lowest BCUT2D eigenvalue weighted by Crippen LogP contribution is -2.56. The number of halogens is 1. The molecular formula is C22H32ClN3O3. The Bertz CT molecular complexity index is 803. The van der Waals surface area contributed by atoms with Crippen LogP contribution in [-0.4, -0.2) is 66.2 Å². The molecule has 2 heterocycles. The summed E-state index contributed by atoms with van der Waals surface area (Å²) in [4.78, 5) is 31.2. The van der Waals surface area contributed by atoms with Crippen molar-refractivity contribution in [2.24, 2.45) is 0 Å². The van der Waals surface area contributed by atoms with E-state index in [1.54, 1.807) is 4.90 Å². The maximum atomic E-state index is 13.1. The third kappa shape index (κ3) is 4.86. The molecular weight excluding hydrogens is 390 g/mol. The number of rotatable bonds is 2. The maximum Gasteiger partial charge on any atom is 0.410 e. The highest BCUT2D eigenvalue weighted by atomic mass is 35.5. The zero-order valence-electron chi connectivity index (χ0n) is 18.3. The highest BCUT2D eigenvalue weighted by Gasteiger charge is 2.39. The number of ether oxygens (including phenoxy) is 1. The number of carbonyl (C=O) groups is 2. The number of fused-ring (bicyclic) bond motifs is 1. The highest BCUT2D eigenvalue weighted by Crippen LogP contribution is 2.41. The van der Waals surface area contributed by atoms with Crippen LogP contribution in [0.4, 0.5) is 10.5 Å². The van der Waals surface area contributed by atoms with Crippen LogP contribution in [0.15, 0.2) is 18.2 Å². The number of carbonyl (C=O) groups excluding carboxylic acids is 2. The van der Waals surface area contributed by atoms with Gasteiger partial charge >= 0.3 is 6.09 Å². The number of anilines is 1. The minimum absolute atomic E-state index is 0.0110. The standard InChI is InChI=1S/C22H32ClN3O3/c1-15-12-24(9-10-25(15)20(28)29-21(2,3)4)13-19(27)26-14-22(5,6)17-8-7-16(23)11-18(17)26/h7-8,11,15H,9-10,12-14H2,1-6H3/t15-/m1/s1. The molecule has 0 bridgehead atoms. The first-order chi connectivity index (χ1) is 13.4. The van der Waals surface area contributed by atoms with Crippen LogP contribution in [0.25, 0.3) is 0 Å². The molecule has 6 nitrogen and oxygen atoms in total. The first-order valence-electron chi connectivity index (χ1n) is 10.2. The van der Waals surface area contributed by atoms with E-state index in [9.17, 15) is 9.59 Å². The van der Waals surface area contributed by atoms with Gasteiger partial charge in [0.25, 0.3) is 0 Å². The van der Waals surface area contributed by atoms with Gasteiger partial charge in [0, 0.05) is 48.3 Å². The number of amides is 2. The Kier molecular flexibility index (Phi) is 5.89. The number of benzene rings is 1. The van der Waals surface area contributed by atoms with Crippen LogP contribution in [0.5, 0.6) is 0 Å². The van der Waals surface area contributed by atoms with E-state index in [0.717, 1.165) is 11.3 Å². The number of piperazine rings is 1. The van der Waals surface area contributed by atoms with E-state index >= 15 is 0 Å². The monoisotopic (exact) mass is 421 g/mol. The first-order valence-corrected chi connectivity index (χ1v) is 10.6. The Morgan fingerprint density at radius 3 is 2.55 bits per heavy atom. The summed E-state index contributed by atoms with van der Waals surface area (Å²) in [6.07, 6.45) is -0.291. The SMILES string of the molecule is C[C@@H]1CN(CC(=O)N2CC(C)(C)c3ccc(Cl)cc32)CCN1C(=O)OC(C)(C)C. The molecule has 0 N–H and O–H groups in total. The molecule has 2 aliphatic rings. The van der Waals surface area contributed by atoms with Crippen molar-refractivity contribution in [3.63, 3.8) is 0 Å². The van der Waals surface area contributed by atoms with Crippen LogP contribution in [0.3, 0.4) is 0 Å². The van der Waals surface area contributed by atoms with Crippen molar-refractivity contribution in [1.82, 2.24) is 9.80 Å². The minimum Gasteiger partial charge on any atom is -0.444 e. The smallest absolute Gasteiger partial charge is 0.410 e. The van der Waals surface area contributed by atoms with Gasteiger partial charge in [-0.15, -0.1) is 0 Å². The summed E-state index contributed by atoms with van der Waals surface area (Å²) in [7, 11) is 0. The van der Waals surface area contributed by atoms with Crippen molar-refractivity contribution in [2.45, 2.75) is 58.6 Å². The zero-order chi connectivity index (χ0) is 21.6. The predicted octanol–water partition coefficient (Wildman–Crippen LogP) is 3.91. The van der Waals surface area contributed by atoms with Crippen molar-refractivity contribution < 1.29 is 14.3 Å². The Morgan fingerprint density at radius 1 is 1.24 bits per heavy atom. The summed E-state index contributed by atoms with van der Waals surface area (Å²) >= 11 is 6.19. The van der Waals surface area contributed by atoms with Gasteiger partial charge in [-0.1, -0.05) is 31.5 Å². The molecule has 7 heteroatoms. The number of hydrogen-bond acceptors (Lipinski definition) is 4. The molecule has 0 aliphatic carbocycles. The van der Waals surface area contributed by atoms with Crippen molar-refractivity contribution >= 4 is 29.3 Å². The van der Waals surface area contributed by atoms with Gasteiger partial charge in [0.15, 0.2) is 0 Å². The quantitative estimate of drug-likeness (QED) is 0.726. The van der Waals surface area contributed by atoms with E-state index in [2.05, 4.69) is 18.7 Å². The van der Waals surface area contributed by atoms with Crippen molar-refractivity contribution in [1.29, 1.82) is 0 Å². The lowest BCUT2D eigenvalue weighted by molar-refractivity contribution is -0.120. The van der Waals surface area contributed by atoms with Gasteiger partial charge in [0.2, 0.25) is 5.91 Å². The third-order valence-corrected chi connectivity index (χ3v) is 5.77. The van der Waals surface area contributed by atoms with Crippen LogP contribution in [-0.2, 0) is 14.9 Å². The predicted molar refractivity (Wildman–Crippen MR) is 116 cm³/mol. The van der Waals surface area contributed by atoms with Gasteiger partial charge in [0.05, 0.1) is 6.54 Å². The van der Waals surface area contributed by atoms with E-state index in [4.69, 9.17) is 16.3 Å². The van der Waals surface area contributed by atoms with E-state index in [-0.39, 0.29) is 23.5 Å². The number of hydrogen-bond donors (Lipinski definition) is 0. The molecule has 0 radical (unpaired) electrons. The summed E-state index contributed by atoms with van der Waals surface area (Å²) < 4.78 is 5.50. The second kappa shape index (κ2) is 7.80. The molecule has 2 aliphatic heterocycles.